The zero-order valence-corrected chi connectivity index (χ0v) is 7.75. The summed E-state index contributed by atoms with van der Waals surface area (Å²) >= 11 is 0. The molecule has 1 heterocycles. The summed E-state index contributed by atoms with van der Waals surface area (Å²) in [7, 11) is 0. The maximum absolute atomic E-state index is 10.3. The third kappa shape index (κ3) is 1.17. The molecule has 2 fully saturated rings. The number of hydrogen-bond acceptors (Lipinski definition) is 3. The lowest BCUT2D eigenvalue weighted by atomic mass is 9.58. The molecule has 0 bridgehead atoms. The zero-order valence-electron chi connectivity index (χ0n) is 7.75. The second kappa shape index (κ2) is 2.97. The molecule has 0 aromatic rings. The Morgan fingerprint density at radius 3 is 2.38 bits per heavy atom. The fourth-order valence-electron chi connectivity index (χ4n) is 2.37. The van der Waals surface area contributed by atoms with Crippen molar-refractivity contribution in [1.82, 2.24) is 0 Å². The van der Waals surface area contributed by atoms with Crippen molar-refractivity contribution in [2.24, 2.45) is 5.41 Å². The van der Waals surface area contributed by atoms with Gasteiger partial charge in [0.05, 0.1) is 18.1 Å². The van der Waals surface area contributed by atoms with Crippen LogP contribution in [0.1, 0.15) is 32.1 Å². The summed E-state index contributed by atoms with van der Waals surface area (Å²) in [6, 6.07) is 2.30. The summed E-state index contributed by atoms with van der Waals surface area (Å²) in [6.45, 7) is 1.07. The minimum atomic E-state index is -0.863. The van der Waals surface area contributed by atoms with Crippen LogP contribution in [0.4, 0.5) is 0 Å². The molecule has 3 heteroatoms. The summed E-state index contributed by atoms with van der Waals surface area (Å²) < 4.78 is 5.27. The van der Waals surface area contributed by atoms with E-state index in [1.165, 1.54) is 0 Å². The number of aliphatic hydroxyl groups is 1. The van der Waals surface area contributed by atoms with Gasteiger partial charge in [-0.3, -0.25) is 0 Å². The van der Waals surface area contributed by atoms with Crippen LogP contribution < -0.4 is 0 Å². The van der Waals surface area contributed by atoms with E-state index in [9.17, 15) is 5.11 Å². The maximum Gasteiger partial charge on any atom is 0.107 e. The first-order valence-corrected chi connectivity index (χ1v) is 4.94. The highest BCUT2D eigenvalue weighted by Crippen LogP contribution is 2.51. The number of hydrogen-bond donors (Lipinski definition) is 1. The first kappa shape index (κ1) is 8.98. The third-order valence-electron chi connectivity index (χ3n) is 3.53. The summed E-state index contributed by atoms with van der Waals surface area (Å²) in [5, 5.41) is 19.4. The maximum atomic E-state index is 10.3. The molecule has 3 nitrogen and oxygen atoms in total. The van der Waals surface area contributed by atoms with Crippen LogP contribution in [0.15, 0.2) is 0 Å². The molecule has 1 saturated carbocycles. The van der Waals surface area contributed by atoms with Gasteiger partial charge in [-0.2, -0.15) is 5.26 Å². The Hall–Kier alpha value is -0.590. The summed E-state index contributed by atoms with van der Waals surface area (Å²) in [6.07, 6.45) is 4.34. The normalized spacial score (nSPS) is 37.5. The van der Waals surface area contributed by atoms with Crippen LogP contribution >= 0.6 is 0 Å². The molecule has 0 amide bonds. The highest BCUT2D eigenvalue weighted by molar-refractivity contribution is 5.16. The fourth-order valence-corrected chi connectivity index (χ4v) is 2.37. The molecule has 1 aliphatic carbocycles. The smallest absolute Gasteiger partial charge is 0.107 e. The lowest BCUT2D eigenvalue weighted by Gasteiger charge is -2.49. The summed E-state index contributed by atoms with van der Waals surface area (Å²) in [5.41, 5.74) is -1.36. The van der Waals surface area contributed by atoms with Crippen molar-refractivity contribution < 1.29 is 9.84 Å². The number of rotatable bonds is 1. The lowest BCUT2D eigenvalue weighted by molar-refractivity contribution is -0.165. The van der Waals surface area contributed by atoms with Gasteiger partial charge in [-0.05, 0) is 25.7 Å². The van der Waals surface area contributed by atoms with Crippen LogP contribution in [0, 0.1) is 16.7 Å². The quantitative estimate of drug-likeness (QED) is 0.661. The predicted octanol–water partition coefficient (Wildman–Crippen LogP) is 1.22. The van der Waals surface area contributed by atoms with Gasteiger partial charge in [-0.25, -0.2) is 0 Å². The Morgan fingerprint density at radius 2 is 2.00 bits per heavy atom. The Kier molecular flexibility index (Phi) is 2.05. The molecular weight excluding hydrogens is 166 g/mol. The first-order valence-electron chi connectivity index (χ1n) is 4.94. The topological polar surface area (TPSA) is 53.2 Å². The molecule has 1 N–H and O–H groups in total. The predicted molar refractivity (Wildman–Crippen MR) is 46.9 cm³/mol. The van der Waals surface area contributed by atoms with Crippen molar-refractivity contribution in [3.63, 3.8) is 0 Å². The molecule has 1 aliphatic heterocycles. The van der Waals surface area contributed by atoms with E-state index >= 15 is 0 Å². The number of nitrogens with zero attached hydrogens (tertiary/aromatic N) is 1. The third-order valence-corrected chi connectivity index (χ3v) is 3.53. The molecule has 13 heavy (non-hydrogen) atoms. The highest BCUT2D eigenvalue weighted by Gasteiger charge is 2.55. The van der Waals surface area contributed by atoms with Crippen molar-refractivity contribution in [1.29, 1.82) is 5.26 Å². The average Bonchev–Trinajstić information content (AvgIpc) is 2.04. The monoisotopic (exact) mass is 181 g/mol. The van der Waals surface area contributed by atoms with Crippen LogP contribution in [0.2, 0.25) is 0 Å². The van der Waals surface area contributed by atoms with E-state index in [2.05, 4.69) is 6.07 Å². The second-order valence-electron chi connectivity index (χ2n) is 4.24. The van der Waals surface area contributed by atoms with E-state index in [1.807, 2.05) is 0 Å². The number of nitriles is 1. The molecular formula is C10H15NO2. The molecule has 0 unspecified atom stereocenters. The molecule has 0 aromatic carbocycles. The van der Waals surface area contributed by atoms with Crippen molar-refractivity contribution in [3.8, 4) is 6.07 Å². The van der Waals surface area contributed by atoms with E-state index in [0.717, 1.165) is 38.7 Å². The molecule has 0 spiro atoms. The van der Waals surface area contributed by atoms with Gasteiger partial charge in [0.2, 0.25) is 0 Å². The zero-order chi connectivity index (χ0) is 9.36. The van der Waals surface area contributed by atoms with Crippen LogP contribution in [0.5, 0.6) is 0 Å². The van der Waals surface area contributed by atoms with Gasteiger partial charge in [0.1, 0.15) is 5.60 Å². The molecule has 0 radical (unpaired) electrons. The van der Waals surface area contributed by atoms with Gasteiger partial charge in [-0.15, -0.1) is 0 Å². The second-order valence-corrected chi connectivity index (χ2v) is 4.24. The van der Waals surface area contributed by atoms with Gasteiger partial charge in [0.15, 0.2) is 0 Å². The lowest BCUT2D eigenvalue weighted by Crippen LogP contribution is -2.56. The summed E-state index contributed by atoms with van der Waals surface area (Å²) in [5.74, 6) is 0. The Morgan fingerprint density at radius 1 is 1.23 bits per heavy atom. The van der Waals surface area contributed by atoms with E-state index in [1.54, 1.807) is 0 Å². The number of ether oxygens (including phenoxy) is 1. The van der Waals surface area contributed by atoms with E-state index in [0.29, 0.717) is 6.61 Å². The van der Waals surface area contributed by atoms with Gasteiger partial charge in [0, 0.05) is 6.61 Å². The molecule has 0 aromatic heterocycles. The minimum absolute atomic E-state index is 0.348. The highest BCUT2D eigenvalue weighted by atomic mass is 16.5. The van der Waals surface area contributed by atoms with Crippen LogP contribution in [0.25, 0.3) is 0 Å². The van der Waals surface area contributed by atoms with Crippen molar-refractivity contribution >= 4 is 0 Å². The van der Waals surface area contributed by atoms with Gasteiger partial charge < -0.3 is 9.84 Å². The largest absolute Gasteiger partial charge is 0.386 e. The van der Waals surface area contributed by atoms with Gasteiger partial charge >= 0.3 is 0 Å². The molecule has 1 atom stereocenters. The minimum Gasteiger partial charge on any atom is -0.386 e. The van der Waals surface area contributed by atoms with Crippen LogP contribution in [-0.4, -0.2) is 23.9 Å². The van der Waals surface area contributed by atoms with Crippen molar-refractivity contribution in [2.75, 3.05) is 13.2 Å². The van der Waals surface area contributed by atoms with Crippen molar-refractivity contribution in [3.05, 3.63) is 0 Å². The van der Waals surface area contributed by atoms with E-state index in [-0.39, 0.29) is 0 Å². The Labute approximate surface area is 78.3 Å². The van der Waals surface area contributed by atoms with E-state index < -0.39 is 11.0 Å². The van der Waals surface area contributed by atoms with Gasteiger partial charge in [-0.1, -0.05) is 6.42 Å². The first-order chi connectivity index (χ1) is 6.22. The van der Waals surface area contributed by atoms with Crippen molar-refractivity contribution in [2.45, 2.75) is 37.7 Å². The molecule has 2 aliphatic rings. The molecule has 2 rings (SSSR count). The van der Waals surface area contributed by atoms with Crippen LogP contribution in [-0.2, 0) is 4.74 Å². The van der Waals surface area contributed by atoms with E-state index in [4.69, 9.17) is 10.00 Å². The Balaban J connectivity index is 2.16. The average molecular weight is 181 g/mol. The SMILES string of the molecule is N#CC1([C@@]2(O)CCCOC2)CCC1. The van der Waals surface area contributed by atoms with Gasteiger partial charge in [0.25, 0.3) is 0 Å². The fraction of sp³-hybridized carbons (Fsp3) is 0.900. The summed E-state index contributed by atoms with van der Waals surface area (Å²) in [4.78, 5) is 0. The standard InChI is InChI=1S/C10H15NO2/c11-7-9(3-1-4-9)10(12)5-2-6-13-8-10/h12H,1-6,8H2/t10-/m1/s1. The molecule has 1 saturated heterocycles. The molecule has 72 valence electrons. The Bertz CT molecular complexity index is 234. The van der Waals surface area contributed by atoms with Crippen LogP contribution in [0.3, 0.4) is 0 Å².